The van der Waals surface area contributed by atoms with Crippen molar-refractivity contribution < 1.29 is 13.9 Å². The molecule has 1 aliphatic heterocycles. The Hall–Kier alpha value is -1.29. The van der Waals surface area contributed by atoms with E-state index in [2.05, 4.69) is 5.32 Å². The second kappa shape index (κ2) is 5.87. The lowest BCUT2D eigenvalue weighted by Gasteiger charge is -2.15. The largest absolute Gasteiger partial charge is 0.492 e. The molecule has 0 saturated carbocycles. The number of benzene rings is 1. The maximum Gasteiger partial charge on any atom is 0.145 e. The molecule has 0 spiro atoms. The summed E-state index contributed by atoms with van der Waals surface area (Å²) in [5.74, 6) is 0.279. The van der Waals surface area contributed by atoms with E-state index in [-0.39, 0.29) is 11.9 Å². The van der Waals surface area contributed by atoms with Crippen molar-refractivity contribution in [3.05, 3.63) is 24.0 Å². The molecule has 1 heterocycles. The van der Waals surface area contributed by atoms with Crippen LogP contribution in [0.15, 0.2) is 18.2 Å². The van der Waals surface area contributed by atoms with Gasteiger partial charge in [0.25, 0.3) is 0 Å². The van der Waals surface area contributed by atoms with Crippen LogP contribution in [0.5, 0.6) is 5.75 Å². The Morgan fingerprint density at radius 3 is 3.12 bits per heavy atom. The minimum absolute atomic E-state index is 0.259. The highest BCUT2D eigenvalue weighted by Crippen LogP contribution is 2.26. The summed E-state index contributed by atoms with van der Waals surface area (Å²) >= 11 is 0. The predicted octanol–water partition coefficient (Wildman–Crippen LogP) is 2.82. The standard InChI is InChI=1S/C13H18FNO2/c1-2-16-13-8-10(14)5-6-12(13)15-9-11-4-3-7-17-11/h5-6,8,11,15H,2-4,7,9H2,1H3. The molecule has 4 heteroatoms. The molecule has 0 radical (unpaired) electrons. The smallest absolute Gasteiger partial charge is 0.145 e. The Bertz CT molecular complexity index is 364. The maximum atomic E-state index is 13.1. The van der Waals surface area contributed by atoms with E-state index in [9.17, 15) is 4.39 Å². The highest BCUT2D eigenvalue weighted by molar-refractivity contribution is 5.56. The fourth-order valence-electron chi connectivity index (χ4n) is 1.95. The molecule has 3 nitrogen and oxygen atoms in total. The second-order valence-corrected chi connectivity index (χ2v) is 4.09. The molecule has 0 aliphatic carbocycles. The normalized spacial score (nSPS) is 19.3. The molecule has 1 fully saturated rings. The zero-order valence-electron chi connectivity index (χ0n) is 10.0. The van der Waals surface area contributed by atoms with Crippen molar-refractivity contribution in [2.75, 3.05) is 25.1 Å². The van der Waals surface area contributed by atoms with Gasteiger partial charge in [-0.05, 0) is 31.9 Å². The van der Waals surface area contributed by atoms with Gasteiger partial charge in [-0.3, -0.25) is 0 Å². The molecular formula is C13H18FNO2. The van der Waals surface area contributed by atoms with Crippen LogP contribution in [0, 0.1) is 5.82 Å². The van der Waals surface area contributed by atoms with Gasteiger partial charge in [0.2, 0.25) is 0 Å². The Morgan fingerprint density at radius 2 is 2.41 bits per heavy atom. The third-order valence-corrected chi connectivity index (χ3v) is 2.79. The Labute approximate surface area is 101 Å². The summed E-state index contributed by atoms with van der Waals surface area (Å²) in [6, 6.07) is 4.54. The molecule has 1 saturated heterocycles. The summed E-state index contributed by atoms with van der Waals surface area (Å²) in [4.78, 5) is 0. The van der Waals surface area contributed by atoms with Gasteiger partial charge in [-0.15, -0.1) is 0 Å². The van der Waals surface area contributed by atoms with Gasteiger partial charge in [0.1, 0.15) is 11.6 Å². The third kappa shape index (κ3) is 3.33. The van der Waals surface area contributed by atoms with E-state index < -0.39 is 0 Å². The molecule has 1 aromatic carbocycles. The molecule has 1 unspecified atom stereocenters. The van der Waals surface area contributed by atoms with Gasteiger partial charge in [-0.2, -0.15) is 0 Å². The average molecular weight is 239 g/mol. The first-order valence-corrected chi connectivity index (χ1v) is 6.07. The van der Waals surface area contributed by atoms with Crippen LogP contribution < -0.4 is 10.1 Å². The van der Waals surface area contributed by atoms with Crippen LogP contribution in [-0.4, -0.2) is 25.9 Å². The van der Waals surface area contributed by atoms with E-state index in [1.165, 1.54) is 12.1 Å². The highest BCUT2D eigenvalue weighted by Gasteiger charge is 2.15. The van der Waals surface area contributed by atoms with Crippen molar-refractivity contribution in [2.45, 2.75) is 25.9 Å². The zero-order valence-corrected chi connectivity index (χ0v) is 10.0. The molecular weight excluding hydrogens is 221 g/mol. The first kappa shape index (κ1) is 12.2. The van der Waals surface area contributed by atoms with E-state index >= 15 is 0 Å². The summed E-state index contributed by atoms with van der Waals surface area (Å²) in [5.41, 5.74) is 0.823. The lowest BCUT2D eigenvalue weighted by molar-refractivity contribution is 0.120. The van der Waals surface area contributed by atoms with Crippen molar-refractivity contribution >= 4 is 5.69 Å². The summed E-state index contributed by atoms with van der Waals surface area (Å²) < 4.78 is 24.0. The fraction of sp³-hybridized carbons (Fsp3) is 0.538. The Morgan fingerprint density at radius 1 is 1.53 bits per heavy atom. The van der Waals surface area contributed by atoms with Gasteiger partial charge < -0.3 is 14.8 Å². The molecule has 0 bridgehead atoms. The van der Waals surface area contributed by atoms with E-state index in [0.29, 0.717) is 12.4 Å². The number of hydrogen-bond donors (Lipinski definition) is 1. The lowest BCUT2D eigenvalue weighted by atomic mass is 10.2. The second-order valence-electron chi connectivity index (χ2n) is 4.09. The molecule has 1 atom stereocenters. The summed E-state index contributed by atoms with van der Waals surface area (Å²) in [6.07, 6.45) is 2.46. The van der Waals surface area contributed by atoms with Crippen molar-refractivity contribution in [3.8, 4) is 5.75 Å². The van der Waals surface area contributed by atoms with Crippen LogP contribution in [0.3, 0.4) is 0 Å². The molecule has 17 heavy (non-hydrogen) atoms. The van der Waals surface area contributed by atoms with E-state index in [1.54, 1.807) is 6.07 Å². The van der Waals surface area contributed by atoms with Crippen molar-refractivity contribution in [1.29, 1.82) is 0 Å². The molecule has 1 aromatic rings. The van der Waals surface area contributed by atoms with Crippen LogP contribution in [0.1, 0.15) is 19.8 Å². The molecule has 0 amide bonds. The monoisotopic (exact) mass is 239 g/mol. The molecule has 1 aliphatic rings. The SMILES string of the molecule is CCOc1cc(F)ccc1NCC1CCCO1. The minimum atomic E-state index is -0.281. The van der Waals surface area contributed by atoms with E-state index in [4.69, 9.17) is 9.47 Å². The first-order valence-electron chi connectivity index (χ1n) is 6.07. The van der Waals surface area contributed by atoms with Crippen LogP contribution in [0.2, 0.25) is 0 Å². The summed E-state index contributed by atoms with van der Waals surface area (Å²) in [5, 5.41) is 3.25. The number of hydrogen-bond acceptors (Lipinski definition) is 3. The fourth-order valence-corrected chi connectivity index (χ4v) is 1.95. The molecule has 1 N–H and O–H groups in total. The third-order valence-electron chi connectivity index (χ3n) is 2.79. The van der Waals surface area contributed by atoms with Crippen LogP contribution in [-0.2, 0) is 4.74 Å². The van der Waals surface area contributed by atoms with Gasteiger partial charge in [0.05, 0.1) is 18.4 Å². The molecule has 2 rings (SSSR count). The van der Waals surface area contributed by atoms with Crippen LogP contribution in [0.4, 0.5) is 10.1 Å². The van der Waals surface area contributed by atoms with Crippen molar-refractivity contribution in [2.24, 2.45) is 0 Å². The topological polar surface area (TPSA) is 30.5 Å². The summed E-state index contributed by atoms with van der Waals surface area (Å²) in [6.45, 7) is 3.99. The van der Waals surface area contributed by atoms with Crippen molar-refractivity contribution in [3.63, 3.8) is 0 Å². The van der Waals surface area contributed by atoms with Gasteiger partial charge in [-0.1, -0.05) is 0 Å². The number of rotatable bonds is 5. The van der Waals surface area contributed by atoms with Gasteiger partial charge in [-0.25, -0.2) is 4.39 Å². The number of nitrogens with one attached hydrogen (secondary N) is 1. The predicted molar refractivity (Wildman–Crippen MR) is 65.0 cm³/mol. The minimum Gasteiger partial charge on any atom is -0.492 e. The number of anilines is 1. The van der Waals surface area contributed by atoms with Crippen LogP contribution in [0.25, 0.3) is 0 Å². The quantitative estimate of drug-likeness (QED) is 0.857. The Balaban J connectivity index is 1.98. The van der Waals surface area contributed by atoms with Gasteiger partial charge >= 0.3 is 0 Å². The Kier molecular flexibility index (Phi) is 4.20. The van der Waals surface area contributed by atoms with Gasteiger partial charge in [0, 0.05) is 19.2 Å². The van der Waals surface area contributed by atoms with E-state index in [1.807, 2.05) is 6.92 Å². The highest BCUT2D eigenvalue weighted by atomic mass is 19.1. The van der Waals surface area contributed by atoms with Crippen molar-refractivity contribution in [1.82, 2.24) is 0 Å². The molecule has 0 aromatic heterocycles. The lowest BCUT2D eigenvalue weighted by Crippen LogP contribution is -2.18. The average Bonchev–Trinajstić information content (AvgIpc) is 2.81. The first-order chi connectivity index (χ1) is 8.29. The number of ether oxygens (including phenoxy) is 2. The van der Waals surface area contributed by atoms with E-state index in [0.717, 1.165) is 31.7 Å². The summed E-state index contributed by atoms with van der Waals surface area (Å²) in [7, 11) is 0. The molecule has 94 valence electrons. The zero-order chi connectivity index (χ0) is 12.1. The maximum absolute atomic E-state index is 13.1. The number of halogens is 1. The van der Waals surface area contributed by atoms with Crippen LogP contribution >= 0.6 is 0 Å². The van der Waals surface area contributed by atoms with Gasteiger partial charge in [0.15, 0.2) is 0 Å².